The molecule has 2 heterocycles. The average molecular weight is 436 g/mol. The van der Waals surface area contributed by atoms with E-state index in [2.05, 4.69) is 30.8 Å². The number of rotatable bonds is 4. The molecule has 0 bridgehead atoms. The smallest absolute Gasteiger partial charge is 0.243 e. The number of nitrogens with zero attached hydrogens (tertiary/aromatic N) is 3. The lowest BCUT2D eigenvalue weighted by Gasteiger charge is -2.10. The van der Waals surface area contributed by atoms with Gasteiger partial charge in [-0.2, -0.15) is 0 Å². The van der Waals surface area contributed by atoms with Crippen LogP contribution in [0.2, 0.25) is 10.0 Å². The maximum Gasteiger partial charge on any atom is 0.243 e. The third-order valence-corrected chi connectivity index (χ3v) is 5.82. The van der Waals surface area contributed by atoms with Crippen molar-refractivity contribution in [3.63, 3.8) is 0 Å². The van der Waals surface area contributed by atoms with Crippen molar-refractivity contribution in [1.82, 2.24) is 19.3 Å². The van der Waals surface area contributed by atoms with Gasteiger partial charge in [-0.05, 0) is 24.3 Å². The van der Waals surface area contributed by atoms with E-state index in [9.17, 15) is 8.42 Å². The van der Waals surface area contributed by atoms with Crippen molar-refractivity contribution in [2.75, 3.05) is 0 Å². The normalized spacial score (nSPS) is 12.0. The number of aromatic nitrogens is 3. The summed E-state index contributed by atoms with van der Waals surface area (Å²) in [4.78, 5) is -0.169. The molecule has 0 atom stereocenters. The van der Waals surface area contributed by atoms with Crippen molar-refractivity contribution in [3.05, 3.63) is 56.9 Å². The van der Waals surface area contributed by atoms with Gasteiger partial charge in [0.25, 0.3) is 0 Å². The molecule has 1 N–H and O–H groups in total. The van der Waals surface area contributed by atoms with Crippen molar-refractivity contribution >= 4 is 54.8 Å². The summed E-state index contributed by atoms with van der Waals surface area (Å²) >= 11 is 15.2. The zero-order valence-corrected chi connectivity index (χ0v) is 15.3. The molecular weight excluding hydrogens is 427 g/mol. The summed E-state index contributed by atoms with van der Waals surface area (Å²) < 4.78 is 29.6. The van der Waals surface area contributed by atoms with E-state index in [4.69, 9.17) is 23.2 Å². The zero-order valence-electron chi connectivity index (χ0n) is 11.4. The van der Waals surface area contributed by atoms with E-state index >= 15 is 0 Å². The maximum absolute atomic E-state index is 12.5. The van der Waals surface area contributed by atoms with Crippen LogP contribution in [0.4, 0.5) is 0 Å². The quantitative estimate of drug-likeness (QED) is 0.682. The van der Waals surface area contributed by atoms with Gasteiger partial charge in [0.1, 0.15) is 4.90 Å². The summed E-state index contributed by atoms with van der Waals surface area (Å²) in [5, 5.41) is 7.98. The van der Waals surface area contributed by atoms with Gasteiger partial charge in [-0.3, -0.25) is 4.40 Å². The van der Waals surface area contributed by atoms with Crippen molar-refractivity contribution in [1.29, 1.82) is 0 Å². The summed E-state index contributed by atoms with van der Waals surface area (Å²) in [5.41, 5.74) is 0.626. The third-order valence-electron chi connectivity index (χ3n) is 3.04. The number of halogens is 3. The minimum absolute atomic E-state index is 0.0305. The lowest BCUT2D eigenvalue weighted by Crippen LogP contribution is -2.25. The second kappa shape index (κ2) is 6.37. The van der Waals surface area contributed by atoms with Crippen LogP contribution < -0.4 is 4.72 Å². The largest absolute Gasteiger partial charge is 0.285 e. The van der Waals surface area contributed by atoms with Crippen LogP contribution in [0.25, 0.3) is 5.65 Å². The molecule has 0 radical (unpaired) electrons. The molecule has 3 aromatic rings. The van der Waals surface area contributed by atoms with Crippen LogP contribution in [0.3, 0.4) is 0 Å². The minimum Gasteiger partial charge on any atom is -0.285 e. The first kappa shape index (κ1) is 16.7. The first-order chi connectivity index (χ1) is 10.9. The Hall–Kier alpha value is -1.19. The Morgan fingerprint density at radius 2 is 1.87 bits per heavy atom. The number of hydrogen-bond acceptors (Lipinski definition) is 4. The Bertz CT molecular complexity index is 968. The standard InChI is InChI=1S/C13H9BrCl2N4O2S/c14-8-5-9(15)13(10(16)6-8)23(21,22)17-7-12-19-18-11-3-1-2-4-20(11)12/h1-6,17H,7H2. The topological polar surface area (TPSA) is 76.4 Å². The highest BCUT2D eigenvalue weighted by Gasteiger charge is 2.23. The van der Waals surface area contributed by atoms with E-state index in [0.29, 0.717) is 15.9 Å². The summed E-state index contributed by atoms with van der Waals surface area (Å²) in [6, 6.07) is 8.33. The fraction of sp³-hybridized carbons (Fsp3) is 0.0769. The van der Waals surface area contributed by atoms with Gasteiger partial charge >= 0.3 is 0 Å². The molecule has 120 valence electrons. The van der Waals surface area contributed by atoms with Crippen LogP contribution >= 0.6 is 39.1 Å². The highest BCUT2D eigenvalue weighted by atomic mass is 79.9. The number of hydrogen-bond donors (Lipinski definition) is 1. The van der Waals surface area contributed by atoms with E-state index in [1.807, 2.05) is 6.07 Å². The van der Waals surface area contributed by atoms with E-state index in [0.717, 1.165) is 0 Å². The number of fused-ring (bicyclic) bond motifs is 1. The zero-order chi connectivity index (χ0) is 16.6. The summed E-state index contributed by atoms with van der Waals surface area (Å²) in [6.07, 6.45) is 1.75. The van der Waals surface area contributed by atoms with Gasteiger partial charge < -0.3 is 0 Å². The third kappa shape index (κ3) is 3.36. The molecule has 6 nitrogen and oxygen atoms in total. The van der Waals surface area contributed by atoms with Crippen molar-refractivity contribution in [3.8, 4) is 0 Å². The van der Waals surface area contributed by atoms with E-state index in [1.165, 1.54) is 12.1 Å². The predicted octanol–water partition coefficient (Wildman–Crippen LogP) is 3.28. The summed E-state index contributed by atoms with van der Waals surface area (Å²) in [6.45, 7) is -0.0454. The number of nitrogens with one attached hydrogen (secondary N) is 1. The van der Waals surface area contributed by atoms with Crippen LogP contribution in [0.1, 0.15) is 5.82 Å². The molecule has 0 saturated heterocycles. The van der Waals surface area contributed by atoms with Gasteiger partial charge in [0.2, 0.25) is 10.0 Å². The molecule has 23 heavy (non-hydrogen) atoms. The fourth-order valence-corrected chi connectivity index (χ4v) is 4.94. The number of benzene rings is 1. The van der Waals surface area contributed by atoms with Gasteiger partial charge in [-0.25, -0.2) is 13.1 Å². The predicted molar refractivity (Wildman–Crippen MR) is 91.2 cm³/mol. The van der Waals surface area contributed by atoms with Gasteiger partial charge in [-0.1, -0.05) is 45.2 Å². The first-order valence-corrected chi connectivity index (χ1v) is 9.34. The Balaban J connectivity index is 1.91. The molecule has 0 aliphatic carbocycles. The Morgan fingerprint density at radius 3 is 2.57 bits per heavy atom. The lowest BCUT2D eigenvalue weighted by atomic mass is 10.4. The Morgan fingerprint density at radius 1 is 1.17 bits per heavy atom. The van der Waals surface area contributed by atoms with Crippen LogP contribution in [-0.2, 0) is 16.6 Å². The molecule has 0 spiro atoms. The molecule has 0 amide bonds. The Labute approximate surface area is 150 Å². The molecule has 0 aliphatic heterocycles. The Kier molecular flexibility index (Phi) is 4.61. The van der Waals surface area contributed by atoms with Gasteiger partial charge in [0.05, 0.1) is 16.6 Å². The molecule has 0 saturated carbocycles. The SMILES string of the molecule is O=S(=O)(NCc1nnc2ccccn12)c1c(Cl)cc(Br)cc1Cl. The highest BCUT2D eigenvalue weighted by molar-refractivity contribution is 9.10. The first-order valence-electron chi connectivity index (χ1n) is 6.31. The minimum atomic E-state index is -3.90. The number of sulfonamides is 1. The van der Waals surface area contributed by atoms with Crippen LogP contribution in [-0.4, -0.2) is 23.0 Å². The molecular formula is C13H9BrCl2N4O2S. The molecule has 1 aromatic carbocycles. The van der Waals surface area contributed by atoms with Crippen LogP contribution in [0.15, 0.2) is 45.9 Å². The fourth-order valence-electron chi connectivity index (χ4n) is 2.03. The second-order valence-corrected chi connectivity index (χ2v) is 8.00. The van der Waals surface area contributed by atoms with Crippen LogP contribution in [0, 0.1) is 0 Å². The van der Waals surface area contributed by atoms with Crippen molar-refractivity contribution < 1.29 is 8.42 Å². The molecule has 0 fully saturated rings. The van der Waals surface area contributed by atoms with Gasteiger partial charge in [-0.15, -0.1) is 10.2 Å². The van der Waals surface area contributed by atoms with Crippen LogP contribution in [0.5, 0.6) is 0 Å². The highest BCUT2D eigenvalue weighted by Crippen LogP contribution is 2.32. The van der Waals surface area contributed by atoms with Gasteiger partial charge in [0, 0.05) is 10.7 Å². The molecule has 2 aromatic heterocycles. The van der Waals surface area contributed by atoms with Crippen molar-refractivity contribution in [2.45, 2.75) is 11.4 Å². The molecule has 3 rings (SSSR count). The monoisotopic (exact) mass is 434 g/mol. The number of pyridine rings is 1. The van der Waals surface area contributed by atoms with E-state index in [-0.39, 0.29) is 21.5 Å². The summed E-state index contributed by atoms with van der Waals surface area (Å²) in [7, 11) is -3.90. The molecule has 0 aliphatic rings. The molecule has 0 unspecified atom stereocenters. The van der Waals surface area contributed by atoms with Gasteiger partial charge in [0.15, 0.2) is 11.5 Å². The van der Waals surface area contributed by atoms with Crippen molar-refractivity contribution in [2.24, 2.45) is 0 Å². The van der Waals surface area contributed by atoms with E-state index in [1.54, 1.807) is 22.7 Å². The summed E-state index contributed by atoms with van der Waals surface area (Å²) in [5.74, 6) is 0.452. The lowest BCUT2D eigenvalue weighted by molar-refractivity contribution is 0.579. The maximum atomic E-state index is 12.5. The average Bonchev–Trinajstić information content (AvgIpc) is 2.87. The second-order valence-electron chi connectivity index (χ2n) is 4.57. The molecule has 10 heteroatoms. The van der Waals surface area contributed by atoms with E-state index < -0.39 is 10.0 Å².